The van der Waals surface area contributed by atoms with Crippen LogP contribution in [0.1, 0.15) is 23.2 Å². The summed E-state index contributed by atoms with van der Waals surface area (Å²) in [6, 6.07) is 1.42. The Morgan fingerprint density at radius 3 is 3.00 bits per heavy atom. The second-order valence-electron chi connectivity index (χ2n) is 3.34. The van der Waals surface area contributed by atoms with Crippen LogP contribution in [-0.2, 0) is 0 Å². The van der Waals surface area contributed by atoms with Crippen LogP contribution in [0.3, 0.4) is 0 Å². The highest BCUT2D eigenvalue weighted by Gasteiger charge is 2.09. The Bertz CT molecular complexity index is 420. The molecule has 7 nitrogen and oxygen atoms in total. The van der Waals surface area contributed by atoms with Gasteiger partial charge in [0, 0.05) is 19.2 Å². The molecule has 7 heteroatoms. The number of hydrogen-bond acceptors (Lipinski definition) is 5. The van der Waals surface area contributed by atoms with Gasteiger partial charge in [0.1, 0.15) is 11.6 Å². The summed E-state index contributed by atoms with van der Waals surface area (Å²) in [4.78, 5) is 15.2. The van der Waals surface area contributed by atoms with E-state index in [-0.39, 0.29) is 23.1 Å². The molecule has 0 aliphatic rings. The van der Waals surface area contributed by atoms with Crippen LogP contribution in [0.4, 0.5) is 0 Å². The molecule has 1 amide bonds. The average molecular weight is 238 g/mol. The van der Waals surface area contributed by atoms with Crippen LogP contribution in [0.15, 0.2) is 23.6 Å². The number of hydrogen-bond donors (Lipinski definition) is 4. The maximum Gasteiger partial charge on any atom is 0.255 e. The van der Waals surface area contributed by atoms with Crippen molar-refractivity contribution in [3.05, 3.63) is 24.0 Å². The maximum atomic E-state index is 11.6. The van der Waals surface area contributed by atoms with Gasteiger partial charge >= 0.3 is 0 Å². The van der Waals surface area contributed by atoms with Crippen molar-refractivity contribution in [3.8, 4) is 5.75 Å². The van der Waals surface area contributed by atoms with Gasteiger partial charge in [0.15, 0.2) is 0 Å². The quantitative estimate of drug-likeness (QED) is 0.190. The van der Waals surface area contributed by atoms with Gasteiger partial charge in [-0.2, -0.15) is 0 Å². The molecule has 1 rings (SSSR count). The van der Waals surface area contributed by atoms with Crippen LogP contribution >= 0.6 is 0 Å². The summed E-state index contributed by atoms with van der Waals surface area (Å²) in [7, 11) is 0. The molecular weight excluding hydrogens is 224 g/mol. The normalized spacial score (nSPS) is 11.2. The summed E-state index contributed by atoms with van der Waals surface area (Å²) in [6.45, 7) is 0.372. The number of nitrogens with one attached hydrogen (secondary N) is 1. The third-order valence-corrected chi connectivity index (χ3v) is 2.07. The SMILES string of the molecule is N/C(CCCNC(=O)c1ccncc1O)=N/O. The van der Waals surface area contributed by atoms with E-state index in [9.17, 15) is 9.90 Å². The number of aromatic nitrogens is 1. The van der Waals surface area contributed by atoms with E-state index in [2.05, 4.69) is 15.5 Å². The lowest BCUT2D eigenvalue weighted by molar-refractivity contribution is 0.0950. The summed E-state index contributed by atoms with van der Waals surface area (Å²) in [5.74, 6) is -0.433. The van der Waals surface area contributed by atoms with E-state index < -0.39 is 0 Å². The molecule has 0 aliphatic heterocycles. The fourth-order valence-corrected chi connectivity index (χ4v) is 1.19. The second kappa shape index (κ2) is 6.31. The van der Waals surface area contributed by atoms with Crippen LogP contribution in [0, 0.1) is 0 Å². The Morgan fingerprint density at radius 2 is 2.35 bits per heavy atom. The van der Waals surface area contributed by atoms with Gasteiger partial charge in [-0.05, 0) is 12.5 Å². The average Bonchev–Trinajstić information content (AvgIpc) is 2.34. The molecule has 1 aromatic rings. The van der Waals surface area contributed by atoms with Crippen molar-refractivity contribution in [1.82, 2.24) is 10.3 Å². The molecule has 0 bridgehead atoms. The van der Waals surface area contributed by atoms with Crippen molar-refractivity contribution in [2.75, 3.05) is 6.54 Å². The Morgan fingerprint density at radius 1 is 1.59 bits per heavy atom. The van der Waals surface area contributed by atoms with E-state index in [1.54, 1.807) is 0 Å². The zero-order chi connectivity index (χ0) is 12.7. The number of rotatable bonds is 5. The minimum atomic E-state index is -0.385. The van der Waals surface area contributed by atoms with Crippen molar-refractivity contribution < 1.29 is 15.1 Å². The number of amidine groups is 1. The highest BCUT2D eigenvalue weighted by atomic mass is 16.4. The molecule has 0 spiro atoms. The number of carbonyl (C=O) groups excluding carboxylic acids is 1. The van der Waals surface area contributed by atoms with Crippen LogP contribution in [0.2, 0.25) is 0 Å². The van der Waals surface area contributed by atoms with Crippen molar-refractivity contribution in [1.29, 1.82) is 0 Å². The number of nitrogens with two attached hydrogens (primary N) is 1. The molecule has 1 aromatic heterocycles. The van der Waals surface area contributed by atoms with E-state index in [4.69, 9.17) is 10.9 Å². The molecule has 0 aliphatic carbocycles. The first-order valence-electron chi connectivity index (χ1n) is 5.02. The number of amides is 1. The Labute approximate surface area is 98.0 Å². The van der Waals surface area contributed by atoms with Gasteiger partial charge in [-0.15, -0.1) is 0 Å². The largest absolute Gasteiger partial charge is 0.505 e. The molecule has 0 fully saturated rings. The first kappa shape index (κ1) is 12.8. The molecule has 92 valence electrons. The number of nitrogens with zero attached hydrogens (tertiary/aromatic N) is 2. The van der Waals surface area contributed by atoms with E-state index in [0.717, 1.165) is 0 Å². The van der Waals surface area contributed by atoms with Crippen LogP contribution < -0.4 is 11.1 Å². The third-order valence-electron chi connectivity index (χ3n) is 2.07. The zero-order valence-electron chi connectivity index (χ0n) is 9.13. The Kier molecular flexibility index (Phi) is 4.74. The van der Waals surface area contributed by atoms with Gasteiger partial charge in [0.05, 0.1) is 11.8 Å². The smallest absolute Gasteiger partial charge is 0.255 e. The van der Waals surface area contributed by atoms with Gasteiger partial charge in [-0.3, -0.25) is 9.78 Å². The summed E-state index contributed by atoms with van der Waals surface area (Å²) in [5, 5.41) is 23.1. The Hall–Kier alpha value is -2.31. The van der Waals surface area contributed by atoms with E-state index in [1.165, 1.54) is 18.5 Å². The molecule has 1 heterocycles. The van der Waals surface area contributed by atoms with E-state index in [0.29, 0.717) is 19.4 Å². The Balaban J connectivity index is 2.38. The molecule has 0 atom stereocenters. The third kappa shape index (κ3) is 3.98. The zero-order valence-corrected chi connectivity index (χ0v) is 9.13. The molecule has 0 saturated carbocycles. The van der Waals surface area contributed by atoms with Crippen molar-refractivity contribution in [2.24, 2.45) is 10.9 Å². The second-order valence-corrected chi connectivity index (χ2v) is 3.34. The topological polar surface area (TPSA) is 121 Å². The summed E-state index contributed by atoms with van der Waals surface area (Å²) in [5.41, 5.74) is 5.43. The number of carbonyl (C=O) groups is 1. The summed E-state index contributed by atoms with van der Waals surface area (Å²) in [6.07, 6.45) is 3.56. The number of oxime groups is 1. The van der Waals surface area contributed by atoms with Crippen LogP contribution in [-0.4, -0.2) is 33.6 Å². The van der Waals surface area contributed by atoms with E-state index >= 15 is 0 Å². The molecule has 5 N–H and O–H groups in total. The van der Waals surface area contributed by atoms with Gasteiger partial charge in [0.2, 0.25) is 0 Å². The number of pyridine rings is 1. The fourth-order valence-electron chi connectivity index (χ4n) is 1.19. The molecule has 0 radical (unpaired) electrons. The monoisotopic (exact) mass is 238 g/mol. The molecule has 0 aromatic carbocycles. The predicted octanol–water partition coefficient (Wildman–Crippen LogP) is 0.0436. The van der Waals surface area contributed by atoms with Gasteiger partial charge in [0.25, 0.3) is 5.91 Å². The maximum absolute atomic E-state index is 11.6. The lowest BCUT2D eigenvalue weighted by Crippen LogP contribution is -2.25. The van der Waals surface area contributed by atoms with Crippen LogP contribution in [0.5, 0.6) is 5.75 Å². The molecular formula is C10H14N4O3. The molecule has 17 heavy (non-hydrogen) atoms. The standard InChI is InChI=1S/C10H14N4O3/c11-9(14-17)2-1-4-13-10(16)7-3-5-12-6-8(7)15/h3,5-6,15,17H,1-2,4H2,(H2,11,14)(H,13,16). The first-order valence-corrected chi connectivity index (χ1v) is 5.02. The summed E-state index contributed by atoms with van der Waals surface area (Å²) >= 11 is 0. The minimum absolute atomic E-state index is 0.117. The van der Waals surface area contributed by atoms with Gasteiger partial charge in [-0.1, -0.05) is 5.16 Å². The van der Waals surface area contributed by atoms with Crippen LogP contribution in [0.25, 0.3) is 0 Å². The molecule has 0 saturated heterocycles. The van der Waals surface area contributed by atoms with Gasteiger partial charge in [-0.25, -0.2) is 0 Å². The first-order chi connectivity index (χ1) is 8.15. The lowest BCUT2D eigenvalue weighted by Gasteiger charge is -2.05. The minimum Gasteiger partial charge on any atom is -0.505 e. The van der Waals surface area contributed by atoms with Gasteiger partial charge < -0.3 is 21.4 Å². The highest BCUT2D eigenvalue weighted by Crippen LogP contribution is 2.13. The predicted molar refractivity (Wildman–Crippen MR) is 60.9 cm³/mol. The van der Waals surface area contributed by atoms with Crippen molar-refractivity contribution >= 4 is 11.7 Å². The highest BCUT2D eigenvalue weighted by molar-refractivity contribution is 5.96. The van der Waals surface area contributed by atoms with E-state index in [1.807, 2.05) is 0 Å². The number of aromatic hydroxyl groups is 1. The van der Waals surface area contributed by atoms with Crippen molar-refractivity contribution in [2.45, 2.75) is 12.8 Å². The van der Waals surface area contributed by atoms with Crippen molar-refractivity contribution in [3.63, 3.8) is 0 Å². The fraction of sp³-hybridized carbons (Fsp3) is 0.300. The molecule has 0 unspecified atom stereocenters. The summed E-state index contributed by atoms with van der Waals surface area (Å²) < 4.78 is 0. The lowest BCUT2D eigenvalue weighted by atomic mass is 10.2.